The summed E-state index contributed by atoms with van der Waals surface area (Å²) in [7, 11) is 0. The molecule has 0 spiro atoms. The van der Waals surface area contributed by atoms with Crippen LogP contribution in [-0.2, 0) is 9.59 Å². The van der Waals surface area contributed by atoms with Gasteiger partial charge in [-0.2, -0.15) is 0 Å². The highest BCUT2D eigenvalue weighted by Crippen LogP contribution is 2.25. The molecule has 0 radical (unpaired) electrons. The molecule has 0 aliphatic rings. The van der Waals surface area contributed by atoms with Gasteiger partial charge in [0.15, 0.2) is 5.13 Å². The zero-order valence-electron chi connectivity index (χ0n) is 15.0. The van der Waals surface area contributed by atoms with E-state index >= 15 is 0 Å². The van der Waals surface area contributed by atoms with Crippen molar-refractivity contribution in [2.45, 2.75) is 33.6 Å². The van der Waals surface area contributed by atoms with E-state index in [2.05, 4.69) is 20.6 Å². The number of aromatic amines is 1. The van der Waals surface area contributed by atoms with Crippen LogP contribution in [0.5, 0.6) is 0 Å². The van der Waals surface area contributed by atoms with E-state index in [0.717, 1.165) is 5.56 Å². The van der Waals surface area contributed by atoms with E-state index in [1.807, 2.05) is 20.8 Å². The highest BCUT2D eigenvalue weighted by atomic mass is 32.1. The number of aromatic nitrogens is 2. The van der Waals surface area contributed by atoms with Gasteiger partial charge < -0.3 is 21.4 Å². The lowest BCUT2D eigenvalue weighted by molar-refractivity contribution is -0.128. The number of nitrogens with two attached hydrogens (primary N) is 1. The Balaban J connectivity index is 1.80. The van der Waals surface area contributed by atoms with Gasteiger partial charge in [-0.3, -0.25) is 14.4 Å². The second kappa shape index (κ2) is 8.13. The number of nitrogens with zero attached hydrogens (tertiary/aromatic N) is 1. The van der Waals surface area contributed by atoms with E-state index in [-0.39, 0.29) is 18.2 Å². The van der Waals surface area contributed by atoms with Crippen LogP contribution in [-0.4, -0.2) is 34.2 Å². The standard InChI is InChI=1S/C17H23N5O3S/c1-17(2,3)15(25)19-6-4-5-13(23)22-16-21-12(9-26-16)10-7-11(14(18)24)20-8-10/h7-9,20H,4-6H2,1-3H3,(H2,18,24)(H,19,25)(H,21,22,23). The third-order valence-corrected chi connectivity index (χ3v) is 4.30. The number of hydrogen-bond donors (Lipinski definition) is 4. The van der Waals surface area contributed by atoms with Crippen molar-refractivity contribution in [1.29, 1.82) is 0 Å². The lowest BCUT2D eigenvalue weighted by atomic mass is 9.96. The van der Waals surface area contributed by atoms with Gasteiger partial charge in [0.2, 0.25) is 11.8 Å². The van der Waals surface area contributed by atoms with Gasteiger partial charge in [0.25, 0.3) is 5.91 Å². The highest BCUT2D eigenvalue weighted by Gasteiger charge is 2.20. The summed E-state index contributed by atoms with van der Waals surface area (Å²) in [5.41, 5.74) is 6.44. The monoisotopic (exact) mass is 377 g/mol. The second-order valence-corrected chi connectivity index (χ2v) is 7.72. The molecule has 2 aromatic rings. The molecular formula is C17H23N5O3S. The van der Waals surface area contributed by atoms with Crippen LogP contribution in [0, 0.1) is 5.41 Å². The molecule has 2 rings (SSSR count). The van der Waals surface area contributed by atoms with Crippen LogP contribution in [0.4, 0.5) is 5.13 Å². The van der Waals surface area contributed by atoms with Crippen molar-refractivity contribution < 1.29 is 14.4 Å². The number of H-pyrrole nitrogens is 1. The van der Waals surface area contributed by atoms with Crippen LogP contribution < -0.4 is 16.4 Å². The molecular weight excluding hydrogens is 354 g/mol. The first kappa shape index (κ1) is 19.6. The Morgan fingerprint density at radius 1 is 1.31 bits per heavy atom. The SMILES string of the molecule is CC(C)(C)C(=O)NCCCC(=O)Nc1nc(-c2c[nH]c(C(N)=O)c2)cs1. The maximum atomic E-state index is 12.0. The number of hydrogen-bond acceptors (Lipinski definition) is 5. The van der Waals surface area contributed by atoms with Crippen molar-refractivity contribution >= 4 is 34.2 Å². The third-order valence-electron chi connectivity index (χ3n) is 3.54. The zero-order chi connectivity index (χ0) is 19.3. The van der Waals surface area contributed by atoms with E-state index in [4.69, 9.17) is 5.73 Å². The van der Waals surface area contributed by atoms with Crippen molar-refractivity contribution in [3.8, 4) is 11.3 Å². The summed E-state index contributed by atoms with van der Waals surface area (Å²) < 4.78 is 0. The van der Waals surface area contributed by atoms with Gasteiger partial charge in [-0.25, -0.2) is 4.98 Å². The van der Waals surface area contributed by atoms with Crippen molar-refractivity contribution in [2.24, 2.45) is 11.1 Å². The van der Waals surface area contributed by atoms with E-state index in [0.29, 0.717) is 29.5 Å². The molecule has 0 aliphatic carbocycles. The maximum Gasteiger partial charge on any atom is 0.265 e. The Bertz CT molecular complexity index is 803. The number of primary amides is 1. The predicted octanol–water partition coefficient (Wildman–Crippen LogP) is 2.12. The number of carbonyl (C=O) groups excluding carboxylic acids is 3. The summed E-state index contributed by atoms with van der Waals surface area (Å²) in [6.07, 6.45) is 2.47. The fourth-order valence-electron chi connectivity index (χ4n) is 2.05. The van der Waals surface area contributed by atoms with Crippen molar-refractivity contribution in [3.05, 3.63) is 23.3 Å². The Morgan fingerprint density at radius 3 is 2.65 bits per heavy atom. The van der Waals surface area contributed by atoms with Gasteiger partial charge in [-0.1, -0.05) is 20.8 Å². The normalized spacial score (nSPS) is 11.2. The molecule has 0 bridgehead atoms. The number of rotatable bonds is 7. The summed E-state index contributed by atoms with van der Waals surface area (Å²) in [6.45, 7) is 5.97. The van der Waals surface area contributed by atoms with E-state index < -0.39 is 11.3 Å². The van der Waals surface area contributed by atoms with Gasteiger partial charge in [-0.15, -0.1) is 11.3 Å². The fraction of sp³-hybridized carbons (Fsp3) is 0.412. The number of thiazole rings is 1. The average molecular weight is 377 g/mol. The molecule has 5 N–H and O–H groups in total. The summed E-state index contributed by atoms with van der Waals surface area (Å²) >= 11 is 1.29. The molecule has 0 fully saturated rings. The maximum absolute atomic E-state index is 12.0. The molecule has 140 valence electrons. The van der Waals surface area contributed by atoms with E-state index in [1.54, 1.807) is 17.6 Å². The largest absolute Gasteiger partial charge is 0.364 e. The first-order valence-electron chi connectivity index (χ1n) is 8.19. The summed E-state index contributed by atoms with van der Waals surface area (Å²) in [4.78, 5) is 41.9. The zero-order valence-corrected chi connectivity index (χ0v) is 15.8. The third kappa shape index (κ3) is 5.41. The molecule has 2 aromatic heterocycles. The van der Waals surface area contributed by atoms with Gasteiger partial charge in [-0.05, 0) is 12.5 Å². The van der Waals surface area contributed by atoms with Crippen LogP contribution in [0.25, 0.3) is 11.3 Å². The Kier molecular flexibility index (Phi) is 6.14. The fourth-order valence-corrected chi connectivity index (χ4v) is 2.78. The molecule has 8 nitrogen and oxygen atoms in total. The highest BCUT2D eigenvalue weighted by molar-refractivity contribution is 7.14. The molecule has 0 saturated carbocycles. The number of amides is 3. The molecule has 26 heavy (non-hydrogen) atoms. The average Bonchev–Trinajstić information content (AvgIpc) is 3.19. The quantitative estimate of drug-likeness (QED) is 0.551. The predicted molar refractivity (Wildman–Crippen MR) is 101 cm³/mol. The van der Waals surface area contributed by atoms with Crippen LogP contribution in [0.1, 0.15) is 44.1 Å². The Labute approximate surface area is 155 Å². The van der Waals surface area contributed by atoms with E-state index in [9.17, 15) is 14.4 Å². The van der Waals surface area contributed by atoms with Crippen molar-refractivity contribution in [3.63, 3.8) is 0 Å². The van der Waals surface area contributed by atoms with Gasteiger partial charge in [0, 0.05) is 35.5 Å². The van der Waals surface area contributed by atoms with Gasteiger partial charge >= 0.3 is 0 Å². The minimum atomic E-state index is -0.543. The molecule has 0 atom stereocenters. The van der Waals surface area contributed by atoms with Crippen LogP contribution >= 0.6 is 11.3 Å². The lowest BCUT2D eigenvalue weighted by Crippen LogP contribution is -2.35. The van der Waals surface area contributed by atoms with Crippen LogP contribution in [0.3, 0.4) is 0 Å². The molecule has 0 unspecified atom stereocenters. The number of nitrogens with one attached hydrogen (secondary N) is 3. The molecule has 9 heteroatoms. The Morgan fingerprint density at radius 2 is 2.04 bits per heavy atom. The van der Waals surface area contributed by atoms with Gasteiger partial charge in [0.1, 0.15) is 5.69 Å². The van der Waals surface area contributed by atoms with Gasteiger partial charge in [0.05, 0.1) is 5.69 Å². The first-order chi connectivity index (χ1) is 12.2. The topological polar surface area (TPSA) is 130 Å². The Hall–Kier alpha value is -2.68. The van der Waals surface area contributed by atoms with Crippen molar-refractivity contribution in [1.82, 2.24) is 15.3 Å². The summed E-state index contributed by atoms with van der Waals surface area (Å²) in [6, 6.07) is 1.61. The smallest absolute Gasteiger partial charge is 0.265 e. The number of carbonyl (C=O) groups is 3. The van der Waals surface area contributed by atoms with Crippen molar-refractivity contribution in [2.75, 3.05) is 11.9 Å². The molecule has 2 heterocycles. The molecule has 0 aromatic carbocycles. The van der Waals surface area contributed by atoms with E-state index in [1.165, 1.54) is 11.3 Å². The first-order valence-corrected chi connectivity index (χ1v) is 9.07. The van der Waals surface area contributed by atoms with Crippen LogP contribution in [0.15, 0.2) is 17.6 Å². The molecule has 0 aliphatic heterocycles. The van der Waals surface area contributed by atoms with Crippen LogP contribution in [0.2, 0.25) is 0 Å². The summed E-state index contributed by atoms with van der Waals surface area (Å²) in [5.74, 6) is -0.745. The minimum Gasteiger partial charge on any atom is -0.364 e. The molecule has 0 saturated heterocycles. The second-order valence-electron chi connectivity index (χ2n) is 6.86. The summed E-state index contributed by atoms with van der Waals surface area (Å²) in [5, 5.41) is 7.80. The number of anilines is 1. The molecule has 3 amide bonds. The minimum absolute atomic E-state index is 0.0377. The lowest BCUT2D eigenvalue weighted by Gasteiger charge is -2.17.